The van der Waals surface area contributed by atoms with E-state index in [1.165, 1.54) is 19.3 Å². The lowest BCUT2D eigenvalue weighted by Gasteiger charge is -2.34. The lowest BCUT2D eigenvalue weighted by atomic mass is 9.77. The highest BCUT2D eigenvalue weighted by molar-refractivity contribution is 6.30. The van der Waals surface area contributed by atoms with Crippen LogP contribution in [0.2, 0.25) is 5.02 Å². The molecular weight excluding hydrogens is 260 g/mol. The van der Waals surface area contributed by atoms with Gasteiger partial charge in [0, 0.05) is 17.5 Å². The number of benzene rings is 1. The van der Waals surface area contributed by atoms with Crippen LogP contribution in [-0.4, -0.2) is 11.9 Å². The van der Waals surface area contributed by atoms with Gasteiger partial charge in [0.05, 0.1) is 6.04 Å². The van der Waals surface area contributed by atoms with Gasteiger partial charge < -0.3 is 11.1 Å². The van der Waals surface area contributed by atoms with E-state index in [-0.39, 0.29) is 18.0 Å². The van der Waals surface area contributed by atoms with Crippen LogP contribution >= 0.6 is 11.6 Å². The van der Waals surface area contributed by atoms with Crippen molar-refractivity contribution in [3.8, 4) is 0 Å². The molecule has 0 aliphatic heterocycles. The van der Waals surface area contributed by atoms with Crippen LogP contribution < -0.4 is 11.1 Å². The van der Waals surface area contributed by atoms with Crippen molar-refractivity contribution in [3.63, 3.8) is 0 Å². The van der Waals surface area contributed by atoms with Crippen LogP contribution in [-0.2, 0) is 4.79 Å². The van der Waals surface area contributed by atoms with E-state index in [0.29, 0.717) is 12.3 Å². The van der Waals surface area contributed by atoms with E-state index < -0.39 is 0 Å². The normalized spacial score (nSPS) is 18.5. The van der Waals surface area contributed by atoms with Gasteiger partial charge >= 0.3 is 0 Å². The Morgan fingerprint density at radius 1 is 1.42 bits per heavy atom. The number of halogens is 1. The average Bonchev–Trinajstić information content (AvgIpc) is 2.25. The Morgan fingerprint density at radius 2 is 2.05 bits per heavy atom. The summed E-state index contributed by atoms with van der Waals surface area (Å²) in [6, 6.07) is 7.74. The summed E-state index contributed by atoms with van der Waals surface area (Å²) < 4.78 is 0. The zero-order valence-electron chi connectivity index (χ0n) is 11.2. The Morgan fingerprint density at radius 3 is 2.53 bits per heavy atom. The van der Waals surface area contributed by atoms with Gasteiger partial charge in [0.1, 0.15) is 0 Å². The van der Waals surface area contributed by atoms with Crippen LogP contribution in [0.4, 0.5) is 0 Å². The quantitative estimate of drug-likeness (QED) is 0.871. The van der Waals surface area contributed by atoms with Gasteiger partial charge in [-0.25, -0.2) is 0 Å². The van der Waals surface area contributed by atoms with Gasteiger partial charge in [0.25, 0.3) is 0 Å². The van der Waals surface area contributed by atoms with Crippen molar-refractivity contribution in [2.45, 2.75) is 44.7 Å². The summed E-state index contributed by atoms with van der Waals surface area (Å²) in [5, 5.41) is 3.84. The van der Waals surface area contributed by atoms with E-state index in [1.807, 2.05) is 31.2 Å². The third-order valence-corrected chi connectivity index (χ3v) is 3.93. The number of nitrogens with two attached hydrogens (primary N) is 1. The van der Waals surface area contributed by atoms with E-state index >= 15 is 0 Å². The first-order valence-corrected chi connectivity index (χ1v) is 7.24. The Balaban J connectivity index is 2.07. The molecule has 0 saturated heterocycles. The van der Waals surface area contributed by atoms with E-state index in [4.69, 9.17) is 17.3 Å². The number of rotatable bonds is 5. The molecule has 0 bridgehead atoms. The molecule has 1 fully saturated rings. The lowest BCUT2D eigenvalue weighted by Crippen LogP contribution is -2.38. The zero-order valence-corrected chi connectivity index (χ0v) is 12.0. The Labute approximate surface area is 119 Å². The minimum Gasteiger partial charge on any atom is -0.349 e. The minimum atomic E-state index is -0.104. The fourth-order valence-corrected chi connectivity index (χ4v) is 2.57. The van der Waals surface area contributed by atoms with Gasteiger partial charge in [-0.3, -0.25) is 4.79 Å². The average molecular weight is 281 g/mol. The first-order chi connectivity index (χ1) is 9.06. The Hall–Kier alpha value is -1.06. The summed E-state index contributed by atoms with van der Waals surface area (Å²) in [7, 11) is 0. The third kappa shape index (κ3) is 3.95. The number of hydrogen-bond acceptors (Lipinski definition) is 2. The summed E-state index contributed by atoms with van der Waals surface area (Å²) in [6.07, 6.45) is 3.96. The summed E-state index contributed by atoms with van der Waals surface area (Å²) in [6.45, 7) is 1.85. The number of carbonyl (C=O) groups is 1. The SMILES string of the molecule is CC(N)CC(=O)NC(c1ccc(Cl)cc1)C1CCC1. The van der Waals surface area contributed by atoms with Gasteiger partial charge in [-0.1, -0.05) is 30.2 Å². The van der Waals surface area contributed by atoms with Crippen LogP contribution in [0.15, 0.2) is 24.3 Å². The smallest absolute Gasteiger partial charge is 0.222 e. The maximum absolute atomic E-state index is 11.9. The van der Waals surface area contributed by atoms with Gasteiger partial charge in [0.15, 0.2) is 0 Å². The summed E-state index contributed by atoms with van der Waals surface area (Å²) in [4.78, 5) is 11.9. The van der Waals surface area contributed by atoms with Gasteiger partial charge in [-0.2, -0.15) is 0 Å². The fraction of sp³-hybridized carbons (Fsp3) is 0.533. The first-order valence-electron chi connectivity index (χ1n) is 6.86. The first kappa shape index (κ1) is 14.4. The fourth-order valence-electron chi connectivity index (χ4n) is 2.44. The van der Waals surface area contributed by atoms with Gasteiger partial charge in [0.2, 0.25) is 5.91 Å². The highest BCUT2D eigenvalue weighted by Gasteiger charge is 2.29. The predicted octanol–water partition coefficient (Wildman–Crippen LogP) is 3.03. The maximum atomic E-state index is 11.9. The van der Waals surface area contributed by atoms with Crippen LogP contribution in [0.1, 0.15) is 44.2 Å². The van der Waals surface area contributed by atoms with Crippen LogP contribution in [0.5, 0.6) is 0 Å². The molecule has 104 valence electrons. The molecule has 2 rings (SSSR count). The molecule has 2 unspecified atom stereocenters. The molecular formula is C15H21ClN2O. The third-order valence-electron chi connectivity index (χ3n) is 3.67. The highest BCUT2D eigenvalue weighted by Crippen LogP contribution is 2.38. The Bertz CT molecular complexity index is 426. The standard InChI is InChI=1S/C15H21ClN2O/c1-10(17)9-14(19)18-15(11-3-2-4-11)12-5-7-13(16)8-6-12/h5-8,10-11,15H,2-4,9,17H2,1H3,(H,18,19). The second-order valence-electron chi connectivity index (χ2n) is 5.47. The largest absolute Gasteiger partial charge is 0.349 e. The van der Waals surface area contributed by atoms with Crippen molar-refractivity contribution < 1.29 is 4.79 Å². The number of hydrogen-bond donors (Lipinski definition) is 2. The van der Waals surface area contributed by atoms with Crippen molar-refractivity contribution in [2.24, 2.45) is 11.7 Å². The second kappa shape index (κ2) is 6.40. The molecule has 4 heteroatoms. The van der Waals surface area contributed by atoms with Crippen LogP contribution in [0.25, 0.3) is 0 Å². The van der Waals surface area contributed by atoms with Crippen LogP contribution in [0, 0.1) is 5.92 Å². The van der Waals surface area contributed by atoms with Crippen molar-refractivity contribution in [2.75, 3.05) is 0 Å². The lowest BCUT2D eigenvalue weighted by molar-refractivity contribution is -0.122. The number of nitrogens with one attached hydrogen (secondary N) is 1. The molecule has 1 saturated carbocycles. The molecule has 0 heterocycles. The highest BCUT2D eigenvalue weighted by atomic mass is 35.5. The van der Waals surface area contributed by atoms with Crippen molar-refractivity contribution in [3.05, 3.63) is 34.9 Å². The molecule has 1 aromatic rings. The molecule has 3 N–H and O–H groups in total. The molecule has 0 spiro atoms. The molecule has 1 aliphatic rings. The van der Waals surface area contributed by atoms with E-state index in [9.17, 15) is 4.79 Å². The monoisotopic (exact) mass is 280 g/mol. The van der Waals surface area contributed by atoms with Gasteiger partial charge in [-0.05, 0) is 43.4 Å². The summed E-state index contributed by atoms with van der Waals surface area (Å²) >= 11 is 5.91. The number of amides is 1. The van der Waals surface area contributed by atoms with Crippen molar-refractivity contribution in [1.82, 2.24) is 5.32 Å². The molecule has 0 radical (unpaired) electrons. The molecule has 2 atom stereocenters. The van der Waals surface area contributed by atoms with Gasteiger partial charge in [-0.15, -0.1) is 0 Å². The van der Waals surface area contributed by atoms with E-state index in [2.05, 4.69) is 5.32 Å². The van der Waals surface area contributed by atoms with Crippen LogP contribution in [0.3, 0.4) is 0 Å². The molecule has 3 nitrogen and oxygen atoms in total. The molecule has 19 heavy (non-hydrogen) atoms. The zero-order chi connectivity index (χ0) is 13.8. The molecule has 1 amide bonds. The minimum absolute atomic E-state index is 0.0295. The topological polar surface area (TPSA) is 55.1 Å². The summed E-state index contributed by atoms with van der Waals surface area (Å²) in [5.74, 6) is 0.569. The Kier molecular flexibility index (Phi) is 4.83. The summed E-state index contributed by atoms with van der Waals surface area (Å²) in [5.41, 5.74) is 6.80. The maximum Gasteiger partial charge on any atom is 0.222 e. The number of carbonyl (C=O) groups excluding carboxylic acids is 1. The molecule has 1 aliphatic carbocycles. The molecule has 0 aromatic heterocycles. The van der Waals surface area contributed by atoms with E-state index in [1.54, 1.807) is 0 Å². The second-order valence-corrected chi connectivity index (χ2v) is 5.91. The predicted molar refractivity (Wildman–Crippen MR) is 77.9 cm³/mol. The van der Waals surface area contributed by atoms with E-state index in [0.717, 1.165) is 10.6 Å². The molecule has 1 aromatic carbocycles. The van der Waals surface area contributed by atoms with Crippen molar-refractivity contribution in [1.29, 1.82) is 0 Å². The van der Waals surface area contributed by atoms with Crippen molar-refractivity contribution >= 4 is 17.5 Å².